The zero-order valence-corrected chi connectivity index (χ0v) is 12.1. The number of methoxy groups -OCH3 is 1. The molecule has 0 saturated heterocycles. The van der Waals surface area contributed by atoms with Crippen LogP contribution in [0.15, 0.2) is 42.5 Å². The lowest BCUT2D eigenvalue weighted by Gasteiger charge is -2.26. The molecule has 2 nitrogen and oxygen atoms in total. The van der Waals surface area contributed by atoms with Crippen molar-refractivity contribution in [1.82, 2.24) is 0 Å². The van der Waals surface area contributed by atoms with Gasteiger partial charge < -0.3 is 10.5 Å². The monoisotopic (exact) mass is 273 g/mol. The van der Waals surface area contributed by atoms with Crippen molar-refractivity contribution in [3.05, 3.63) is 65.0 Å². The third-order valence-electron chi connectivity index (χ3n) is 3.47. The molecule has 0 fully saturated rings. The number of nitrogens with two attached hydrogens (primary N) is 1. The first kappa shape index (κ1) is 14.5. The summed E-state index contributed by atoms with van der Waals surface area (Å²) in [4.78, 5) is 0. The smallest absolute Gasteiger partial charge is 0.128 e. The molecule has 1 unspecified atom stereocenters. The first-order valence-corrected chi connectivity index (χ1v) is 6.61. The molecule has 2 rings (SSSR count). The van der Waals surface area contributed by atoms with Crippen LogP contribution >= 0.6 is 0 Å². The van der Waals surface area contributed by atoms with Crippen LogP contribution < -0.4 is 10.5 Å². The Morgan fingerprint density at radius 1 is 1.15 bits per heavy atom. The number of hydrogen-bond donors (Lipinski definition) is 1. The second-order valence-corrected chi connectivity index (χ2v) is 5.43. The molecule has 0 spiro atoms. The van der Waals surface area contributed by atoms with Crippen LogP contribution in [0.3, 0.4) is 0 Å². The number of halogens is 1. The molecular weight excluding hydrogens is 253 g/mol. The van der Waals surface area contributed by atoms with Gasteiger partial charge in [-0.1, -0.05) is 29.8 Å². The molecule has 0 saturated carbocycles. The van der Waals surface area contributed by atoms with Crippen LogP contribution in [0.4, 0.5) is 4.39 Å². The highest BCUT2D eigenvalue weighted by Gasteiger charge is 2.25. The molecule has 0 bridgehead atoms. The maximum Gasteiger partial charge on any atom is 0.128 e. The number of benzene rings is 2. The molecule has 3 heteroatoms. The van der Waals surface area contributed by atoms with Crippen molar-refractivity contribution in [2.24, 2.45) is 5.73 Å². The van der Waals surface area contributed by atoms with E-state index in [4.69, 9.17) is 10.5 Å². The first-order chi connectivity index (χ1) is 9.42. The first-order valence-electron chi connectivity index (χ1n) is 6.61. The van der Waals surface area contributed by atoms with E-state index in [-0.39, 0.29) is 5.82 Å². The summed E-state index contributed by atoms with van der Waals surface area (Å²) in [7, 11) is 1.63. The minimum atomic E-state index is -0.745. The molecular formula is C17H20FNO. The molecule has 106 valence electrons. The van der Waals surface area contributed by atoms with Crippen LogP contribution in [0.2, 0.25) is 0 Å². The van der Waals surface area contributed by atoms with E-state index in [1.165, 1.54) is 6.07 Å². The zero-order valence-electron chi connectivity index (χ0n) is 12.1. The molecule has 2 aromatic carbocycles. The summed E-state index contributed by atoms with van der Waals surface area (Å²) in [6.45, 7) is 3.79. The number of rotatable bonds is 4. The Balaban J connectivity index is 2.27. The van der Waals surface area contributed by atoms with Gasteiger partial charge in [0.2, 0.25) is 0 Å². The Bertz CT molecular complexity index is 590. The lowest BCUT2D eigenvalue weighted by molar-refractivity contribution is 0.414. The summed E-state index contributed by atoms with van der Waals surface area (Å²) in [6, 6.07) is 12.7. The van der Waals surface area contributed by atoms with Gasteiger partial charge in [-0.05, 0) is 44.0 Å². The third-order valence-corrected chi connectivity index (χ3v) is 3.47. The zero-order chi connectivity index (χ0) is 14.8. The van der Waals surface area contributed by atoms with Gasteiger partial charge in [0.05, 0.1) is 7.11 Å². The van der Waals surface area contributed by atoms with E-state index in [9.17, 15) is 4.39 Å². The summed E-state index contributed by atoms with van der Waals surface area (Å²) >= 11 is 0. The average Bonchev–Trinajstić information content (AvgIpc) is 2.42. The predicted octanol–water partition coefficient (Wildman–Crippen LogP) is 3.56. The van der Waals surface area contributed by atoms with Gasteiger partial charge in [-0.2, -0.15) is 0 Å². The van der Waals surface area contributed by atoms with E-state index in [1.54, 1.807) is 13.2 Å². The van der Waals surface area contributed by atoms with Crippen molar-refractivity contribution in [3.63, 3.8) is 0 Å². The Morgan fingerprint density at radius 3 is 2.40 bits per heavy atom. The van der Waals surface area contributed by atoms with Gasteiger partial charge in [0, 0.05) is 11.1 Å². The van der Waals surface area contributed by atoms with Gasteiger partial charge in [-0.15, -0.1) is 0 Å². The molecule has 0 aliphatic carbocycles. The quantitative estimate of drug-likeness (QED) is 0.924. The molecule has 0 radical (unpaired) electrons. The molecule has 0 amide bonds. The Hall–Kier alpha value is -1.87. The fraction of sp³-hybridized carbons (Fsp3) is 0.294. The van der Waals surface area contributed by atoms with Gasteiger partial charge in [0.15, 0.2) is 0 Å². The fourth-order valence-electron chi connectivity index (χ4n) is 2.34. The molecule has 2 aromatic rings. The maximum atomic E-state index is 14.0. The average molecular weight is 273 g/mol. The van der Waals surface area contributed by atoms with Crippen molar-refractivity contribution in [2.75, 3.05) is 7.11 Å². The highest BCUT2D eigenvalue weighted by molar-refractivity contribution is 5.34. The summed E-state index contributed by atoms with van der Waals surface area (Å²) < 4.78 is 19.1. The second-order valence-electron chi connectivity index (χ2n) is 5.43. The van der Waals surface area contributed by atoms with Crippen LogP contribution in [-0.4, -0.2) is 7.11 Å². The van der Waals surface area contributed by atoms with E-state index in [1.807, 2.05) is 44.2 Å². The van der Waals surface area contributed by atoms with Gasteiger partial charge in [0.25, 0.3) is 0 Å². The summed E-state index contributed by atoms with van der Waals surface area (Å²) in [5, 5.41) is 0. The minimum absolute atomic E-state index is 0.255. The fourth-order valence-corrected chi connectivity index (χ4v) is 2.34. The number of aryl methyl sites for hydroxylation is 1. The van der Waals surface area contributed by atoms with E-state index in [0.717, 1.165) is 16.9 Å². The number of hydrogen-bond acceptors (Lipinski definition) is 2. The molecule has 0 heterocycles. The van der Waals surface area contributed by atoms with E-state index in [0.29, 0.717) is 12.0 Å². The van der Waals surface area contributed by atoms with Gasteiger partial charge >= 0.3 is 0 Å². The standard InChI is InChI=1S/C17H20FNO/c1-12-4-9-16(18)15(10-12)17(2,19)11-13-5-7-14(20-3)8-6-13/h4-10H,11,19H2,1-3H3. The predicted molar refractivity (Wildman–Crippen MR) is 79.4 cm³/mol. The molecule has 0 aliphatic rings. The Morgan fingerprint density at radius 2 is 1.80 bits per heavy atom. The minimum Gasteiger partial charge on any atom is -0.497 e. The molecule has 0 aromatic heterocycles. The van der Waals surface area contributed by atoms with Crippen LogP contribution in [-0.2, 0) is 12.0 Å². The van der Waals surface area contributed by atoms with Crippen LogP contribution in [0, 0.1) is 12.7 Å². The highest BCUT2D eigenvalue weighted by atomic mass is 19.1. The van der Waals surface area contributed by atoms with Crippen LogP contribution in [0.25, 0.3) is 0 Å². The second kappa shape index (κ2) is 5.63. The van der Waals surface area contributed by atoms with Crippen LogP contribution in [0.5, 0.6) is 5.75 Å². The van der Waals surface area contributed by atoms with E-state index >= 15 is 0 Å². The lowest BCUT2D eigenvalue weighted by Crippen LogP contribution is -2.36. The third kappa shape index (κ3) is 3.17. The summed E-state index contributed by atoms with van der Waals surface area (Å²) in [6.07, 6.45) is 0.567. The summed E-state index contributed by atoms with van der Waals surface area (Å²) in [5.41, 5.74) is 8.20. The maximum absolute atomic E-state index is 14.0. The highest BCUT2D eigenvalue weighted by Crippen LogP contribution is 2.26. The van der Waals surface area contributed by atoms with E-state index in [2.05, 4.69) is 0 Å². The van der Waals surface area contributed by atoms with Gasteiger partial charge in [-0.25, -0.2) is 4.39 Å². The van der Waals surface area contributed by atoms with Gasteiger partial charge in [0.1, 0.15) is 11.6 Å². The molecule has 2 N–H and O–H groups in total. The van der Waals surface area contributed by atoms with Crippen LogP contribution in [0.1, 0.15) is 23.6 Å². The van der Waals surface area contributed by atoms with Crippen molar-refractivity contribution in [1.29, 1.82) is 0 Å². The van der Waals surface area contributed by atoms with Crippen molar-refractivity contribution in [2.45, 2.75) is 25.8 Å². The van der Waals surface area contributed by atoms with E-state index < -0.39 is 5.54 Å². The topological polar surface area (TPSA) is 35.2 Å². The largest absolute Gasteiger partial charge is 0.497 e. The Kier molecular flexibility index (Phi) is 4.09. The SMILES string of the molecule is COc1ccc(CC(C)(N)c2cc(C)ccc2F)cc1. The van der Waals surface area contributed by atoms with Crippen molar-refractivity contribution in [3.8, 4) is 5.75 Å². The number of ether oxygens (including phenoxy) is 1. The van der Waals surface area contributed by atoms with Gasteiger partial charge in [-0.3, -0.25) is 0 Å². The lowest BCUT2D eigenvalue weighted by atomic mass is 9.85. The molecule has 20 heavy (non-hydrogen) atoms. The summed E-state index contributed by atoms with van der Waals surface area (Å²) in [5.74, 6) is 0.545. The molecule has 1 atom stereocenters. The Labute approximate surface area is 119 Å². The van der Waals surface area contributed by atoms with Crippen molar-refractivity contribution >= 4 is 0 Å². The molecule has 0 aliphatic heterocycles. The normalized spacial score (nSPS) is 13.8. The van der Waals surface area contributed by atoms with Crippen molar-refractivity contribution < 1.29 is 9.13 Å².